The first-order valence-electron chi connectivity index (χ1n) is 9.87. The Morgan fingerprint density at radius 1 is 1.31 bits per heavy atom. The molecule has 10 nitrogen and oxygen atoms in total. The van der Waals surface area contributed by atoms with Gasteiger partial charge in [-0.15, -0.1) is 21.5 Å². The number of anilines is 1. The van der Waals surface area contributed by atoms with Crippen LogP contribution >= 0.6 is 23.1 Å². The van der Waals surface area contributed by atoms with E-state index in [0.29, 0.717) is 28.8 Å². The molecule has 0 atom stereocenters. The lowest BCUT2D eigenvalue weighted by atomic mass is 10.1. The van der Waals surface area contributed by atoms with Crippen molar-refractivity contribution in [1.82, 2.24) is 14.8 Å². The van der Waals surface area contributed by atoms with Gasteiger partial charge < -0.3 is 20.2 Å². The molecular formula is C20H23N5O5S2. The third kappa shape index (κ3) is 5.02. The van der Waals surface area contributed by atoms with Crippen LogP contribution in [0, 0.1) is 6.92 Å². The maximum atomic E-state index is 12.6. The number of nitrogens with zero attached hydrogens (tertiary/aromatic N) is 3. The van der Waals surface area contributed by atoms with E-state index in [-0.39, 0.29) is 33.7 Å². The Labute approximate surface area is 192 Å². The molecule has 12 heteroatoms. The maximum absolute atomic E-state index is 12.6. The largest absolute Gasteiger partial charge is 0.462 e. The molecule has 0 bridgehead atoms. The Balaban J connectivity index is 1.76. The van der Waals surface area contributed by atoms with Gasteiger partial charge in [0.15, 0.2) is 16.7 Å². The Hall–Kier alpha value is -3.12. The lowest BCUT2D eigenvalue weighted by Gasteiger charge is -2.08. The van der Waals surface area contributed by atoms with Crippen LogP contribution in [0.25, 0.3) is 11.6 Å². The Morgan fingerprint density at radius 2 is 2.09 bits per heavy atom. The summed E-state index contributed by atoms with van der Waals surface area (Å²) in [5, 5.41) is 11.9. The molecule has 0 fully saturated rings. The van der Waals surface area contributed by atoms with Crippen molar-refractivity contribution in [2.24, 2.45) is 5.73 Å². The molecule has 0 aliphatic heterocycles. The minimum Gasteiger partial charge on any atom is -0.462 e. The van der Waals surface area contributed by atoms with Gasteiger partial charge in [0.05, 0.1) is 29.1 Å². The van der Waals surface area contributed by atoms with Crippen LogP contribution in [0.2, 0.25) is 0 Å². The van der Waals surface area contributed by atoms with Gasteiger partial charge in [0, 0.05) is 6.54 Å². The van der Waals surface area contributed by atoms with Crippen molar-refractivity contribution < 1.29 is 23.5 Å². The molecular weight excluding hydrogens is 454 g/mol. The summed E-state index contributed by atoms with van der Waals surface area (Å²) in [6.45, 7) is 6.11. The number of ether oxygens (including phenoxy) is 1. The Kier molecular flexibility index (Phi) is 7.70. The molecule has 3 heterocycles. The highest BCUT2D eigenvalue weighted by atomic mass is 32.2. The van der Waals surface area contributed by atoms with Gasteiger partial charge in [-0.25, -0.2) is 4.79 Å². The number of thiophene rings is 1. The second kappa shape index (κ2) is 10.5. The number of primary amides is 1. The lowest BCUT2D eigenvalue weighted by Crippen LogP contribution is -2.17. The quantitative estimate of drug-likeness (QED) is 0.334. The van der Waals surface area contributed by atoms with Gasteiger partial charge in [-0.3, -0.25) is 14.2 Å². The Morgan fingerprint density at radius 3 is 2.72 bits per heavy atom. The Bertz CT molecular complexity index is 1120. The number of rotatable bonds is 10. The second-order valence-corrected chi connectivity index (χ2v) is 8.58. The molecule has 3 aromatic rings. The average Bonchev–Trinajstić information content (AvgIpc) is 3.46. The van der Waals surface area contributed by atoms with E-state index in [1.165, 1.54) is 11.8 Å². The van der Waals surface area contributed by atoms with Gasteiger partial charge in [0.25, 0.3) is 5.91 Å². The lowest BCUT2D eigenvalue weighted by molar-refractivity contribution is -0.113. The third-order valence-corrected chi connectivity index (χ3v) is 6.53. The SMILES string of the molecule is CCCn1c(SCC(=O)Nc2sc(C(N)=O)c(C)c2C(=O)OCC)nnc1-c1ccco1. The second-order valence-electron chi connectivity index (χ2n) is 6.62. The number of carbonyl (C=O) groups is 3. The van der Waals surface area contributed by atoms with Crippen molar-refractivity contribution in [3.05, 3.63) is 34.4 Å². The van der Waals surface area contributed by atoms with E-state index in [4.69, 9.17) is 14.9 Å². The number of nitrogens with one attached hydrogen (secondary N) is 1. The summed E-state index contributed by atoms with van der Waals surface area (Å²) in [6, 6.07) is 3.56. The number of carbonyl (C=O) groups excluding carboxylic acids is 3. The summed E-state index contributed by atoms with van der Waals surface area (Å²) in [5.41, 5.74) is 5.92. The summed E-state index contributed by atoms with van der Waals surface area (Å²) in [6.07, 6.45) is 2.41. The molecule has 0 radical (unpaired) electrons. The van der Waals surface area contributed by atoms with Gasteiger partial charge in [0.1, 0.15) is 5.00 Å². The molecule has 0 aliphatic carbocycles. The number of furan rings is 1. The molecule has 3 N–H and O–H groups in total. The molecule has 0 spiro atoms. The molecule has 3 rings (SSSR count). The van der Waals surface area contributed by atoms with Crippen LogP contribution in [-0.2, 0) is 16.1 Å². The van der Waals surface area contributed by atoms with Crippen molar-refractivity contribution >= 4 is 45.9 Å². The number of amides is 2. The highest BCUT2D eigenvalue weighted by Crippen LogP contribution is 2.34. The molecule has 0 saturated carbocycles. The molecule has 0 saturated heterocycles. The van der Waals surface area contributed by atoms with Crippen LogP contribution in [-0.4, -0.2) is 44.9 Å². The molecule has 0 aliphatic rings. The predicted octanol–water partition coefficient (Wildman–Crippen LogP) is 3.32. The van der Waals surface area contributed by atoms with Crippen LogP contribution in [0.1, 0.15) is 45.9 Å². The van der Waals surface area contributed by atoms with Crippen LogP contribution in [0.4, 0.5) is 5.00 Å². The summed E-state index contributed by atoms with van der Waals surface area (Å²) in [4.78, 5) is 36.9. The minimum absolute atomic E-state index is 0.0190. The van der Waals surface area contributed by atoms with E-state index in [2.05, 4.69) is 15.5 Å². The number of esters is 1. The molecule has 0 aromatic carbocycles. The zero-order valence-corrected chi connectivity index (χ0v) is 19.5. The first kappa shape index (κ1) is 23.5. The fourth-order valence-corrected chi connectivity index (χ4v) is 4.81. The highest BCUT2D eigenvalue weighted by Gasteiger charge is 2.26. The van der Waals surface area contributed by atoms with Gasteiger partial charge in [-0.05, 0) is 38.0 Å². The van der Waals surface area contributed by atoms with Crippen LogP contribution < -0.4 is 11.1 Å². The fourth-order valence-electron chi connectivity index (χ4n) is 2.99. The zero-order valence-electron chi connectivity index (χ0n) is 17.8. The molecule has 2 amide bonds. The topological polar surface area (TPSA) is 142 Å². The van der Waals surface area contributed by atoms with E-state index in [0.717, 1.165) is 17.8 Å². The van der Waals surface area contributed by atoms with Crippen molar-refractivity contribution in [1.29, 1.82) is 0 Å². The average molecular weight is 478 g/mol. The number of aromatic nitrogens is 3. The third-order valence-electron chi connectivity index (χ3n) is 4.34. The van der Waals surface area contributed by atoms with Crippen molar-refractivity contribution in [3.8, 4) is 11.6 Å². The van der Waals surface area contributed by atoms with Crippen LogP contribution in [0.5, 0.6) is 0 Å². The normalized spacial score (nSPS) is 10.8. The minimum atomic E-state index is -0.675. The monoisotopic (exact) mass is 477 g/mol. The van der Waals surface area contributed by atoms with E-state index in [1.807, 2.05) is 11.5 Å². The molecule has 3 aromatic heterocycles. The first-order valence-corrected chi connectivity index (χ1v) is 11.7. The van der Waals surface area contributed by atoms with E-state index >= 15 is 0 Å². The van der Waals surface area contributed by atoms with Gasteiger partial charge in [-0.1, -0.05) is 18.7 Å². The number of hydrogen-bond donors (Lipinski definition) is 2. The highest BCUT2D eigenvalue weighted by molar-refractivity contribution is 7.99. The maximum Gasteiger partial charge on any atom is 0.341 e. The summed E-state index contributed by atoms with van der Waals surface area (Å²) < 4.78 is 12.4. The van der Waals surface area contributed by atoms with E-state index in [9.17, 15) is 14.4 Å². The summed E-state index contributed by atoms with van der Waals surface area (Å²) in [7, 11) is 0. The number of nitrogens with two attached hydrogens (primary N) is 1. The van der Waals surface area contributed by atoms with E-state index in [1.54, 1.807) is 32.2 Å². The summed E-state index contributed by atoms with van der Waals surface area (Å²) in [5.74, 6) is -0.471. The predicted molar refractivity (Wildman–Crippen MR) is 121 cm³/mol. The van der Waals surface area contributed by atoms with Crippen LogP contribution in [0.3, 0.4) is 0 Å². The number of hydrogen-bond acceptors (Lipinski definition) is 9. The van der Waals surface area contributed by atoms with Gasteiger partial charge in [-0.2, -0.15) is 0 Å². The van der Waals surface area contributed by atoms with Gasteiger partial charge >= 0.3 is 5.97 Å². The standard InChI is InChI=1S/C20H23N5O5S2/c1-4-8-25-17(12-7-6-9-30-12)23-24-20(25)31-10-13(26)22-18-14(19(28)29-5-2)11(3)15(32-18)16(21)27/h6-7,9H,4-5,8,10H2,1-3H3,(H2,21,27)(H,22,26). The number of thioether (sulfide) groups is 1. The van der Waals surface area contributed by atoms with Crippen molar-refractivity contribution in [2.75, 3.05) is 17.7 Å². The molecule has 32 heavy (non-hydrogen) atoms. The zero-order chi connectivity index (χ0) is 23.3. The van der Waals surface area contributed by atoms with Crippen molar-refractivity contribution in [3.63, 3.8) is 0 Å². The molecule has 170 valence electrons. The summed E-state index contributed by atoms with van der Waals surface area (Å²) >= 11 is 2.16. The van der Waals surface area contributed by atoms with Crippen LogP contribution in [0.15, 0.2) is 28.0 Å². The first-order chi connectivity index (χ1) is 15.4. The van der Waals surface area contributed by atoms with Gasteiger partial charge in [0.2, 0.25) is 5.91 Å². The van der Waals surface area contributed by atoms with Crippen molar-refractivity contribution in [2.45, 2.75) is 38.9 Å². The fraction of sp³-hybridized carbons (Fsp3) is 0.350. The molecule has 0 unspecified atom stereocenters. The van der Waals surface area contributed by atoms with E-state index < -0.39 is 11.9 Å². The smallest absolute Gasteiger partial charge is 0.341 e.